The normalized spacial score (nSPS) is 23.0. The predicted octanol–water partition coefficient (Wildman–Crippen LogP) is 1.18. The van der Waals surface area contributed by atoms with Gasteiger partial charge >= 0.3 is 0 Å². The molecule has 0 radical (unpaired) electrons. The van der Waals surface area contributed by atoms with E-state index in [-0.39, 0.29) is 22.5 Å². The van der Waals surface area contributed by atoms with E-state index in [1.54, 1.807) is 13.0 Å². The smallest absolute Gasteiger partial charge is 0.289 e. The summed E-state index contributed by atoms with van der Waals surface area (Å²) in [4.78, 5) is 10.2. The summed E-state index contributed by atoms with van der Waals surface area (Å²) in [6.07, 6.45) is 0.864. The lowest BCUT2D eigenvalue weighted by molar-refractivity contribution is -0.387. The van der Waals surface area contributed by atoms with Crippen molar-refractivity contribution < 1.29 is 13.3 Å². The molecular formula is C13H19N3O4S. The highest BCUT2D eigenvalue weighted by Gasteiger charge is 2.32. The summed E-state index contributed by atoms with van der Waals surface area (Å²) in [7, 11) is -3.93. The molecule has 0 aromatic heterocycles. The number of aryl methyl sites for hydroxylation is 1. The zero-order chi connectivity index (χ0) is 15.6. The van der Waals surface area contributed by atoms with Crippen LogP contribution in [0.4, 0.5) is 5.69 Å². The van der Waals surface area contributed by atoms with Crippen LogP contribution in [0.1, 0.15) is 18.9 Å². The Bertz CT molecular complexity index is 645. The second-order valence-corrected chi connectivity index (χ2v) is 7.03. The predicted molar refractivity (Wildman–Crippen MR) is 78.6 cm³/mol. The van der Waals surface area contributed by atoms with Crippen LogP contribution >= 0.6 is 0 Å². The van der Waals surface area contributed by atoms with Crippen molar-refractivity contribution in [3.05, 3.63) is 33.9 Å². The minimum absolute atomic E-state index is 0.184. The van der Waals surface area contributed by atoms with E-state index in [9.17, 15) is 18.5 Å². The Morgan fingerprint density at radius 1 is 1.43 bits per heavy atom. The second-order valence-electron chi connectivity index (χ2n) is 5.38. The van der Waals surface area contributed by atoms with Crippen molar-refractivity contribution in [2.75, 3.05) is 13.1 Å². The molecule has 2 unspecified atom stereocenters. The van der Waals surface area contributed by atoms with Crippen molar-refractivity contribution in [1.29, 1.82) is 0 Å². The molecule has 1 fully saturated rings. The van der Waals surface area contributed by atoms with Crippen LogP contribution in [0.3, 0.4) is 0 Å². The molecule has 2 rings (SSSR count). The number of hydrogen-bond donors (Lipinski definition) is 2. The first-order valence-electron chi connectivity index (χ1n) is 6.80. The number of benzene rings is 1. The number of hydrogen-bond acceptors (Lipinski definition) is 5. The van der Waals surface area contributed by atoms with Crippen LogP contribution in [-0.2, 0) is 10.0 Å². The zero-order valence-corrected chi connectivity index (χ0v) is 12.8. The van der Waals surface area contributed by atoms with Gasteiger partial charge in [-0.05, 0) is 31.4 Å². The minimum Gasteiger partial charge on any atom is -0.315 e. The average Bonchev–Trinajstić information content (AvgIpc) is 2.40. The molecule has 1 heterocycles. The van der Waals surface area contributed by atoms with Crippen molar-refractivity contribution in [2.45, 2.75) is 31.2 Å². The Labute approximate surface area is 123 Å². The van der Waals surface area contributed by atoms with Crippen molar-refractivity contribution >= 4 is 15.7 Å². The highest BCUT2D eigenvalue weighted by Crippen LogP contribution is 2.27. The van der Waals surface area contributed by atoms with Crippen molar-refractivity contribution in [2.24, 2.45) is 5.92 Å². The lowest BCUT2D eigenvalue weighted by Crippen LogP contribution is -2.50. The van der Waals surface area contributed by atoms with Gasteiger partial charge in [-0.25, -0.2) is 13.1 Å². The van der Waals surface area contributed by atoms with Crippen molar-refractivity contribution in [1.82, 2.24) is 10.0 Å². The van der Waals surface area contributed by atoms with E-state index in [0.29, 0.717) is 12.1 Å². The van der Waals surface area contributed by atoms with Gasteiger partial charge in [0.15, 0.2) is 4.90 Å². The fourth-order valence-corrected chi connectivity index (χ4v) is 4.28. The molecule has 8 heteroatoms. The maximum absolute atomic E-state index is 12.5. The SMILES string of the molecule is Cc1cccc([N+](=O)[O-])c1S(=O)(=O)NC1CNCCC1C. The molecule has 0 amide bonds. The van der Waals surface area contributed by atoms with Gasteiger partial charge in [-0.2, -0.15) is 0 Å². The first-order valence-corrected chi connectivity index (χ1v) is 8.28. The molecule has 0 aliphatic carbocycles. The molecule has 1 aromatic carbocycles. The van der Waals surface area contributed by atoms with Gasteiger partial charge in [0.1, 0.15) is 0 Å². The fourth-order valence-electron chi connectivity index (χ4n) is 2.54. The molecule has 7 nitrogen and oxygen atoms in total. The maximum Gasteiger partial charge on any atom is 0.289 e. The number of nitrogens with one attached hydrogen (secondary N) is 2. The quantitative estimate of drug-likeness (QED) is 0.642. The lowest BCUT2D eigenvalue weighted by Gasteiger charge is -2.30. The van der Waals surface area contributed by atoms with E-state index < -0.39 is 14.9 Å². The topological polar surface area (TPSA) is 101 Å². The summed E-state index contributed by atoms with van der Waals surface area (Å²) < 4.78 is 27.7. The maximum atomic E-state index is 12.5. The van der Waals surface area contributed by atoms with E-state index in [4.69, 9.17) is 0 Å². The number of nitrogens with zero attached hydrogens (tertiary/aromatic N) is 1. The molecule has 0 saturated carbocycles. The molecule has 2 N–H and O–H groups in total. The summed E-state index contributed by atoms with van der Waals surface area (Å²) in [5.41, 5.74) is -0.0213. The standard InChI is InChI=1S/C13H19N3O4S/c1-9-6-7-14-8-11(9)15-21(19,20)13-10(2)4-3-5-12(13)16(17)18/h3-5,9,11,14-15H,6-8H2,1-2H3. The van der Waals surface area contributed by atoms with E-state index in [0.717, 1.165) is 13.0 Å². The van der Waals surface area contributed by atoms with Gasteiger partial charge in [-0.15, -0.1) is 0 Å². The highest BCUT2D eigenvalue weighted by molar-refractivity contribution is 7.89. The summed E-state index contributed by atoms with van der Waals surface area (Å²) in [6.45, 7) is 4.91. The van der Waals surface area contributed by atoms with Crippen molar-refractivity contribution in [3.8, 4) is 0 Å². The lowest BCUT2D eigenvalue weighted by atomic mass is 9.96. The van der Waals surface area contributed by atoms with E-state index in [1.807, 2.05) is 6.92 Å². The summed E-state index contributed by atoms with van der Waals surface area (Å²) in [5, 5.41) is 14.2. The summed E-state index contributed by atoms with van der Waals surface area (Å²) in [6, 6.07) is 3.99. The number of nitro groups is 1. The molecule has 21 heavy (non-hydrogen) atoms. The Balaban J connectivity index is 2.38. The van der Waals surface area contributed by atoms with Gasteiger partial charge in [-0.3, -0.25) is 10.1 Å². The van der Waals surface area contributed by atoms with E-state index in [2.05, 4.69) is 10.0 Å². The van der Waals surface area contributed by atoms with E-state index in [1.165, 1.54) is 12.1 Å². The molecule has 1 aliphatic heterocycles. The molecule has 1 saturated heterocycles. The molecule has 2 atom stereocenters. The Morgan fingerprint density at radius 2 is 2.14 bits per heavy atom. The van der Waals surface area contributed by atoms with Crippen molar-refractivity contribution in [3.63, 3.8) is 0 Å². The summed E-state index contributed by atoms with van der Waals surface area (Å²) in [5.74, 6) is 0.184. The third-order valence-corrected chi connectivity index (χ3v) is 5.47. The molecule has 116 valence electrons. The van der Waals surface area contributed by atoms with Crippen LogP contribution in [0.2, 0.25) is 0 Å². The van der Waals surface area contributed by atoms with Crippen LogP contribution in [0.15, 0.2) is 23.1 Å². The van der Waals surface area contributed by atoms with Gasteiger partial charge in [0.25, 0.3) is 5.69 Å². The number of sulfonamides is 1. The summed E-state index contributed by atoms with van der Waals surface area (Å²) >= 11 is 0. The third kappa shape index (κ3) is 3.39. The molecule has 0 bridgehead atoms. The zero-order valence-electron chi connectivity index (χ0n) is 12.0. The number of piperidine rings is 1. The van der Waals surface area contributed by atoms with Gasteiger partial charge in [0.2, 0.25) is 10.0 Å². The average molecular weight is 313 g/mol. The van der Waals surface area contributed by atoms with Crippen LogP contribution in [-0.4, -0.2) is 32.5 Å². The van der Waals surface area contributed by atoms with Gasteiger partial charge in [-0.1, -0.05) is 19.1 Å². The van der Waals surface area contributed by atoms with Crippen LogP contribution in [0.25, 0.3) is 0 Å². The molecule has 1 aromatic rings. The largest absolute Gasteiger partial charge is 0.315 e. The Morgan fingerprint density at radius 3 is 2.76 bits per heavy atom. The molecule has 1 aliphatic rings. The minimum atomic E-state index is -3.93. The van der Waals surface area contributed by atoms with Gasteiger partial charge in [0.05, 0.1) is 4.92 Å². The molecule has 0 spiro atoms. The monoisotopic (exact) mass is 313 g/mol. The third-order valence-electron chi connectivity index (χ3n) is 3.79. The Hall–Kier alpha value is -1.51. The fraction of sp³-hybridized carbons (Fsp3) is 0.538. The van der Waals surface area contributed by atoms with Gasteiger partial charge < -0.3 is 5.32 Å². The van der Waals surface area contributed by atoms with E-state index >= 15 is 0 Å². The number of nitro benzene ring substituents is 1. The first-order chi connectivity index (χ1) is 9.83. The highest BCUT2D eigenvalue weighted by atomic mass is 32.2. The van der Waals surface area contributed by atoms with Gasteiger partial charge in [0, 0.05) is 18.7 Å². The first kappa shape index (κ1) is 15.9. The molecular weight excluding hydrogens is 294 g/mol. The Kier molecular flexibility index (Phi) is 4.60. The number of rotatable bonds is 4. The van der Waals surface area contributed by atoms with Crippen LogP contribution in [0.5, 0.6) is 0 Å². The second kappa shape index (κ2) is 6.08. The van der Waals surface area contributed by atoms with Crippen LogP contribution < -0.4 is 10.0 Å². The van der Waals surface area contributed by atoms with Crippen LogP contribution in [0, 0.1) is 23.0 Å².